The van der Waals surface area contributed by atoms with Crippen molar-refractivity contribution in [3.8, 4) is 46.5 Å². The van der Waals surface area contributed by atoms with E-state index < -0.39 is 42.3 Å². The summed E-state index contributed by atoms with van der Waals surface area (Å²) in [6.07, 6.45) is 21.8. The van der Waals surface area contributed by atoms with Gasteiger partial charge in [0.15, 0.2) is 0 Å². The number of hydrogen-bond acceptors (Lipinski definition) is 25. The lowest BCUT2D eigenvalue weighted by atomic mass is 10.0. The van der Waals surface area contributed by atoms with E-state index in [1.165, 1.54) is 27.4 Å². The standard InChI is InChI=1S/C26H25N5O4.C22H26N4O4.C22H20N4O3S.C20H21N5O5/c1-34-22-13-9-17(15-28-22)8-11-19-23-20(31-30-19)12-10-18(24(23)35-2)26(33)29-21(25(27)32)14-16-6-4-3-5-7-16;1-13(2)18(12-27)24-22(28)15-7-9-17-20(21(15)30-4)16(25-26-17)8-5-14-6-10-19(29-3)23-11-14;1-28-19-10-6-14(12-23-19)5-8-17-20-18(26-25-17)9-7-16(21(20)29-2)22(27)24-13-15-4-3-11-30-15;1-29-16-8-4-11(9-22-16)3-6-13-17-14(25-24-13)7-5-12(18(17)30-2)20(28)23-15(10-26)19(21)27/h3-13,15,21H,14H2,1-2H3,(H2,27,32)(H,29,33)(H,30,31);5-11,13,18,27H,12H2,1-4H3,(H,24,28)(H,25,26);3-12H,13H2,1-2H3,(H,24,27)(H,25,26);3-9,15,26H,10H2,1-2H3,(H2,21,27)(H,23,28)(H,24,25)/b11-8+;2*8-5+;6-3+. The summed E-state index contributed by atoms with van der Waals surface area (Å²) in [5.41, 5.74) is 21.7. The number of nitrogens with one attached hydrogen (secondary N) is 8. The molecule has 125 heavy (non-hydrogen) atoms. The van der Waals surface area contributed by atoms with Gasteiger partial charge in [-0.3, -0.25) is 49.2 Å². The van der Waals surface area contributed by atoms with Crippen LogP contribution in [0.4, 0.5) is 0 Å². The summed E-state index contributed by atoms with van der Waals surface area (Å²) in [7, 11) is 12.2. The van der Waals surface area contributed by atoms with E-state index in [-0.39, 0.29) is 53.7 Å². The average molecular weight is 1710 g/mol. The molecule has 6 amide bonds. The molecule has 34 nitrogen and oxygen atoms in total. The molecule has 5 aromatic carbocycles. The van der Waals surface area contributed by atoms with Crippen LogP contribution < -0.4 is 70.6 Å². The number of primary amides is 2. The number of aromatic nitrogens is 12. The maximum atomic E-state index is 13.2. The summed E-state index contributed by atoms with van der Waals surface area (Å²) in [6.45, 7) is 3.61. The van der Waals surface area contributed by atoms with Gasteiger partial charge in [-0.1, -0.05) is 74.5 Å². The van der Waals surface area contributed by atoms with Crippen LogP contribution in [0.5, 0.6) is 46.5 Å². The monoisotopic (exact) mass is 1710 g/mol. The maximum absolute atomic E-state index is 13.2. The fourth-order valence-electron chi connectivity index (χ4n) is 12.7. The quantitative estimate of drug-likeness (QED) is 0.0186. The minimum Gasteiger partial charge on any atom is -0.495 e. The third-order valence-corrected chi connectivity index (χ3v) is 20.2. The first-order valence-electron chi connectivity index (χ1n) is 38.7. The second kappa shape index (κ2) is 43.6. The summed E-state index contributed by atoms with van der Waals surface area (Å²) >= 11 is 1.60. The predicted octanol–water partition coefficient (Wildman–Crippen LogP) is 10.7. The summed E-state index contributed by atoms with van der Waals surface area (Å²) < 4.78 is 42.6. The first kappa shape index (κ1) is 90.2. The van der Waals surface area contributed by atoms with Gasteiger partial charge in [-0.15, -0.1) is 11.3 Å². The molecule has 14 rings (SSSR count). The van der Waals surface area contributed by atoms with Gasteiger partial charge in [0.05, 0.1) is 171 Å². The van der Waals surface area contributed by atoms with Crippen molar-refractivity contribution in [2.45, 2.75) is 44.9 Å². The largest absolute Gasteiger partial charge is 0.495 e. The van der Waals surface area contributed by atoms with E-state index in [2.05, 4.69) is 82.0 Å². The SMILES string of the molecule is COc1ccc(/C=C/c2[nH]nc3ccc(C(=O)NC(CO)C(C)C)c(OC)c23)cn1.COc1ccc(/C=C/c2[nH]nc3ccc(C(=O)NC(CO)C(N)=O)c(OC)c23)cn1.COc1ccc(/C=C/c2[nH]nc3ccc(C(=O)NC(Cc4ccccc4)C(N)=O)c(OC)c23)cn1.COc1ccc(/C=C/c2[nH]nc3ccc(C(=O)NCc4cccs4)c(OC)c23)cn1. The van der Waals surface area contributed by atoms with Crippen LogP contribution in [-0.2, 0) is 22.6 Å². The van der Waals surface area contributed by atoms with Crippen LogP contribution in [0.25, 0.3) is 92.2 Å². The summed E-state index contributed by atoms with van der Waals surface area (Å²) in [6, 6.07) is 38.9. The number of aliphatic hydroxyl groups is 2. The lowest BCUT2D eigenvalue weighted by Gasteiger charge is -2.20. The Morgan fingerprint density at radius 2 is 0.728 bits per heavy atom. The number of methoxy groups -OCH3 is 8. The summed E-state index contributed by atoms with van der Waals surface area (Å²) in [4.78, 5) is 92.6. The van der Waals surface area contributed by atoms with Crippen molar-refractivity contribution in [1.29, 1.82) is 0 Å². The zero-order valence-corrected chi connectivity index (χ0v) is 70.5. The fraction of sp³-hybridized carbons (Fsp3) is 0.200. The van der Waals surface area contributed by atoms with Crippen LogP contribution in [-0.4, -0.2) is 195 Å². The summed E-state index contributed by atoms with van der Waals surface area (Å²) in [5, 5.41) is 63.4. The molecule has 644 valence electrons. The zero-order valence-electron chi connectivity index (χ0n) is 69.7. The van der Waals surface area contributed by atoms with Crippen molar-refractivity contribution in [2.75, 3.05) is 70.1 Å². The molecule has 3 unspecified atom stereocenters. The lowest BCUT2D eigenvalue weighted by molar-refractivity contribution is -0.121. The van der Waals surface area contributed by atoms with Gasteiger partial charge >= 0.3 is 0 Å². The fourth-order valence-corrected chi connectivity index (χ4v) is 13.4. The van der Waals surface area contributed by atoms with Crippen LogP contribution in [0.1, 0.15) is 111 Å². The molecule has 35 heteroatoms. The van der Waals surface area contributed by atoms with Crippen LogP contribution in [0.2, 0.25) is 0 Å². The molecule has 3 atom stereocenters. The number of carbonyl (C=O) groups excluding carboxylic acids is 6. The smallest absolute Gasteiger partial charge is 0.255 e. The van der Waals surface area contributed by atoms with E-state index in [4.69, 9.17) is 49.4 Å². The Morgan fingerprint density at radius 3 is 1.01 bits per heavy atom. The van der Waals surface area contributed by atoms with Crippen molar-refractivity contribution in [1.82, 2.24) is 82.0 Å². The zero-order chi connectivity index (χ0) is 89.1. The highest BCUT2D eigenvalue weighted by atomic mass is 32.1. The molecule has 14 N–H and O–H groups in total. The Balaban J connectivity index is 0.000000162. The Hall–Kier alpha value is -15.6. The highest BCUT2D eigenvalue weighted by molar-refractivity contribution is 7.09. The Bertz CT molecular complexity index is 6170. The topological polar surface area (TPSA) is 483 Å². The molecule has 0 saturated heterocycles. The molecule has 0 bridgehead atoms. The van der Waals surface area contributed by atoms with E-state index in [0.717, 1.165) is 43.8 Å². The molecular formula is C90H92N18O16S. The molecule has 0 aliphatic rings. The molecule has 0 radical (unpaired) electrons. The number of nitrogens with zero attached hydrogens (tertiary/aromatic N) is 8. The molecular weight excluding hydrogens is 1620 g/mol. The third kappa shape index (κ3) is 22.7. The van der Waals surface area contributed by atoms with E-state index in [1.807, 2.05) is 128 Å². The number of thiophene rings is 1. The molecule has 0 saturated carbocycles. The van der Waals surface area contributed by atoms with Gasteiger partial charge in [0, 0.05) is 60.4 Å². The number of amides is 6. The number of fused-ring (bicyclic) bond motifs is 4. The van der Waals surface area contributed by atoms with Gasteiger partial charge in [0.2, 0.25) is 35.3 Å². The van der Waals surface area contributed by atoms with E-state index in [0.29, 0.717) is 114 Å². The molecule has 0 aliphatic carbocycles. The molecule has 9 heterocycles. The van der Waals surface area contributed by atoms with Gasteiger partial charge in [-0.2, -0.15) is 20.4 Å². The van der Waals surface area contributed by atoms with Crippen LogP contribution in [0.3, 0.4) is 0 Å². The van der Waals surface area contributed by atoms with Gasteiger partial charge in [0.1, 0.15) is 35.1 Å². The third-order valence-electron chi connectivity index (χ3n) is 19.3. The number of carbonyl (C=O) groups is 6. The number of H-pyrrole nitrogens is 4. The van der Waals surface area contributed by atoms with E-state index in [9.17, 15) is 39.0 Å². The van der Waals surface area contributed by atoms with Gasteiger partial charge in [0.25, 0.3) is 23.6 Å². The second-order valence-corrected chi connectivity index (χ2v) is 28.6. The van der Waals surface area contributed by atoms with Crippen LogP contribution >= 0.6 is 11.3 Å². The number of benzene rings is 5. The minimum atomic E-state index is -1.20. The highest BCUT2D eigenvalue weighted by Gasteiger charge is 2.28. The Morgan fingerprint density at radius 1 is 0.392 bits per heavy atom. The summed E-state index contributed by atoms with van der Waals surface area (Å²) in [5.74, 6) is 0.684. The number of ether oxygens (including phenoxy) is 8. The van der Waals surface area contributed by atoms with Crippen molar-refractivity contribution < 1.29 is 76.9 Å². The highest BCUT2D eigenvalue weighted by Crippen LogP contribution is 2.37. The predicted molar refractivity (Wildman–Crippen MR) is 476 cm³/mol. The number of aromatic amines is 4. The number of nitrogens with two attached hydrogens (primary N) is 2. The van der Waals surface area contributed by atoms with E-state index in [1.54, 1.807) is 144 Å². The molecule has 0 fully saturated rings. The number of aliphatic hydroxyl groups excluding tert-OH is 2. The van der Waals surface area contributed by atoms with Crippen LogP contribution in [0.15, 0.2) is 170 Å². The number of rotatable bonds is 32. The first-order chi connectivity index (χ1) is 60.6. The van der Waals surface area contributed by atoms with Crippen molar-refractivity contribution in [3.63, 3.8) is 0 Å². The molecule has 9 aromatic heterocycles. The van der Waals surface area contributed by atoms with Gasteiger partial charge in [-0.05, 0) is 142 Å². The maximum Gasteiger partial charge on any atom is 0.255 e. The lowest BCUT2D eigenvalue weighted by Crippen LogP contribution is -2.46. The second-order valence-electron chi connectivity index (χ2n) is 27.6. The average Bonchev–Trinajstić information content (AvgIpc) is 1.65. The molecule has 0 spiro atoms. The Labute approximate surface area is 720 Å². The van der Waals surface area contributed by atoms with Gasteiger partial charge < -0.3 is 80.8 Å². The Kier molecular flexibility index (Phi) is 31.4. The van der Waals surface area contributed by atoms with Gasteiger partial charge in [-0.25, -0.2) is 19.9 Å². The minimum absolute atomic E-state index is 0.0965. The van der Waals surface area contributed by atoms with Crippen molar-refractivity contribution >= 4 is 139 Å². The van der Waals surface area contributed by atoms with E-state index >= 15 is 0 Å². The van der Waals surface area contributed by atoms with Crippen molar-refractivity contribution in [3.05, 3.63) is 247 Å². The molecule has 0 aliphatic heterocycles. The first-order valence-corrected chi connectivity index (χ1v) is 39.5. The van der Waals surface area contributed by atoms with Crippen molar-refractivity contribution in [2.24, 2.45) is 17.4 Å². The molecule has 14 aromatic rings. The number of pyridine rings is 4. The normalized spacial score (nSPS) is 11.9. The number of hydrogen-bond donors (Lipinski definition) is 12. The van der Waals surface area contributed by atoms with Crippen LogP contribution in [0, 0.1) is 5.92 Å².